The van der Waals surface area contributed by atoms with Crippen molar-refractivity contribution in [1.29, 1.82) is 0 Å². The first-order valence-electron chi connectivity index (χ1n) is 8.44. The van der Waals surface area contributed by atoms with Gasteiger partial charge in [-0.1, -0.05) is 18.2 Å². The third-order valence-corrected chi connectivity index (χ3v) is 4.94. The molecule has 0 aromatic heterocycles. The zero-order chi connectivity index (χ0) is 16.3. The van der Waals surface area contributed by atoms with Gasteiger partial charge in [0.25, 0.3) is 0 Å². The molecule has 5 heteroatoms. The minimum Gasteiger partial charge on any atom is -0.496 e. The van der Waals surface area contributed by atoms with Crippen LogP contribution in [0.1, 0.15) is 24.8 Å². The first kappa shape index (κ1) is 16.3. The molecule has 0 aliphatic carbocycles. The second-order valence-corrected chi connectivity index (χ2v) is 6.76. The number of nitrogens with zero attached hydrogens (tertiary/aromatic N) is 2. The van der Waals surface area contributed by atoms with Gasteiger partial charge in [-0.25, -0.2) is 0 Å². The van der Waals surface area contributed by atoms with Gasteiger partial charge in [0.05, 0.1) is 25.7 Å². The second kappa shape index (κ2) is 6.89. The van der Waals surface area contributed by atoms with E-state index in [2.05, 4.69) is 4.90 Å². The Hall–Kier alpha value is -1.59. The van der Waals surface area contributed by atoms with E-state index in [1.165, 1.54) is 12.8 Å². The molecule has 3 rings (SSSR count). The third-order valence-electron chi connectivity index (χ3n) is 4.94. The Labute approximate surface area is 137 Å². The standard InChI is InChI=1S/C18H26N2O3/c1-23-16-7-3-2-6-15(16)12-17(21)20-11-8-18(22,14-20)13-19-9-4-5-10-19/h2-3,6-7,22H,4-5,8-14H2,1H3. The number of hydrogen-bond donors (Lipinski definition) is 1. The first-order valence-corrected chi connectivity index (χ1v) is 8.44. The summed E-state index contributed by atoms with van der Waals surface area (Å²) in [4.78, 5) is 16.7. The lowest BCUT2D eigenvalue weighted by Gasteiger charge is -2.28. The maximum atomic E-state index is 12.6. The quantitative estimate of drug-likeness (QED) is 0.889. The Morgan fingerprint density at radius 3 is 2.74 bits per heavy atom. The molecule has 1 amide bonds. The molecule has 2 fully saturated rings. The molecule has 1 N–H and O–H groups in total. The van der Waals surface area contributed by atoms with E-state index in [-0.39, 0.29) is 5.91 Å². The number of benzene rings is 1. The molecule has 0 saturated carbocycles. The Morgan fingerprint density at radius 1 is 1.26 bits per heavy atom. The number of aliphatic hydroxyl groups is 1. The number of methoxy groups -OCH3 is 1. The van der Waals surface area contributed by atoms with E-state index >= 15 is 0 Å². The van der Waals surface area contributed by atoms with Gasteiger partial charge in [0.1, 0.15) is 5.75 Å². The van der Waals surface area contributed by atoms with E-state index in [0.717, 1.165) is 24.4 Å². The van der Waals surface area contributed by atoms with E-state index in [1.807, 2.05) is 24.3 Å². The van der Waals surface area contributed by atoms with Crippen LogP contribution in [0.3, 0.4) is 0 Å². The molecule has 0 radical (unpaired) electrons. The van der Waals surface area contributed by atoms with Gasteiger partial charge in [0.15, 0.2) is 0 Å². The highest BCUT2D eigenvalue weighted by Gasteiger charge is 2.39. The molecule has 2 saturated heterocycles. The van der Waals surface area contributed by atoms with Gasteiger partial charge in [-0.3, -0.25) is 4.79 Å². The maximum absolute atomic E-state index is 12.6. The SMILES string of the molecule is COc1ccccc1CC(=O)N1CCC(O)(CN2CCCC2)C1. The molecule has 1 atom stereocenters. The van der Waals surface area contributed by atoms with Crippen LogP contribution in [0.5, 0.6) is 5.75 Å². The molecule has 0 spiro atoms. The number of para-hydroxylation sites is 1. The maximum Gasteiger partial charge on any atom is 0.227 e. The Balaban J connectivity index is 1.58. The highest BCUT2D eigenvalue weighted by atomic mass is 16.5. The lowest BCUT2D eigenvalue weighted by Crippen LogP contribution is -2.45. The second-order valence-electron chi connectivity index (χ2n) is 6.76. The van der Waals surface area contributed by atoms with Gasteiger partial charge in [0.2, 0.25) is 5.91 Å². The van der Waals surface area contributed by atoms with Crippen molar-refractivity contribution in [2.45, 2.75) is 31.3 Å². The fraction of sp³-hybridized carbons (Fsp3) is 0.611. The van der Waals surface area contributed by atoms with Crippen LogP contribution in [0.15, 0.2) is 24.3 Å². The predicted molar refractivity (Wildman–Crippen MR) is 88.5 cm³/mol. The van der Waals surface area contributed by atoms with E-state index in [9.17, 15) is 9.90 Å². The summed E-state index contributed by atoms with van der Waals surface area (Å²) < 4.78 is 5.31. The molecule has 0 bridgehead atoms. The monoisotopic (exact) mass is 318 g/mol. The van der Waals surface area contributed by atoms with Crippen molar-refractivity contribution in [1.82, 2.24) is 9.80 Å². The summed E-state index contributed by atoms with van der Waals surface area (Å²) in [7, 11) is 1.62. The summed E-state index contributed by atoms with van der Waals surface area (Å²) in [5.41, 5.74) is 0.149. The van der Waals surface area contributed by atoms with Gasteiger partial charge < -0.3 is 19.6 Å². The number of carbonyl (C=O) groups is 1. The average molecular weight is 318 g/mol. The van der Waals surface area contributed by atoms with Crippen molar-refractivity contribution in [3.05, 3.63) is 29.8 Å². The molecule has 1 aromatic carbocycles. The van der Waals surface area contributed by atoms with Crippen molar-refractivity contribution in [3.63, 3.8) is 0 Å². The van der Waals surface area contributed by atoms with Crippen LogP contribution in [0.25, 0.3) is 0 Å². The van der Waals surface area contributed by atoms with E-state index < -0.39 is 5.60 Å². The molecular formula is C18H26N2O3. The summed E-state index contributed by atoms with van der Waals surface area (Å²) in [5, 5.41) is 10.8. The number of likely N-dealkylation sites (tertiary alicyclic amines) is 2. The molecule has 126 valence electrons. The number of ether oxygens (including phenoxy) is 1. The zero-order valence-corrected chi connectivity index (χ0v) is 13.8. The summed E-state index contributed by atoms with van der Waals surface area (Å²) in [6.45, 7) is 3.90. The number of β-amino-alcohol motifs (C(OH)–C–C–N with tert-alkyl or cyclic N) is 1. The average Bonchev–Trinajstić information content (AvgIpc) is 3.18. The van der Waals surface area contributed by atoms with Crippen LogP contribution in [0.2, 0.25) is 0 Å². The third kappa shape index (κ3) is 3.85. The lowest BCUT2D eigenvalue weighted by atomic mass is 10.0. The van der Waals surface area contributed by atoms with Crippen molar-refractivity contribution < 1.29 is 14.6 Å². The molecule has 2 aliphatic heterocycles. The van der Waals surface area contributed by atoms with E-state index in [4.69, 9.17) is 4.74 Å². The largest absolute Gasteiger partial charge is 0.496 e. The normalized spacial score (nSPS) is 25.0. The summed E-state index contributed by atoms with van der Waals surface area (Å²) in [6.07, 6.45) is 3.42. The minimum absolute atomic E-state index is 0.0619. The zero-order valence-electron chi connectivity index (χ0n) is 13.8. The highest BCUT2D eigenvalue weighted by Crippen LogP contribution is 2.26. The van der Waals surface area contributed by atoms with Crippen molar-refractivity contribution >= 4 is 5.91 Å². The number of carbonyl (C=O) groups excluding carboxylic acids is 1. The van der Waals surface area contributed by atoms with E-state index in [1.54, 1.807) is 12.0 Å². The lowest BCUT2D eigenvalue weighted by molar-refractivity contribution is -0.130. The van der Waals surface area contributed by atoms with Crippen molar-refractivity contribution in [2.24, 2.45) is 0 Å². The van der Waals surface area contributed by atoms with Gasteiger partial charge >= 0.3 is 0 Å². The topological polar surface area (TPSA) is 53.0 Å². The van der Waals surface area contributed by atoms with Crippen LogP contribution in [-0.4, -0.2) is 66.2 Å². The van der Waals surface area contributed by atoms with Crippen LogP contribution in [-0.2, 0) is 11.2 Å². The highest BCUT2D eigenvalue weighted by molar-refractivity contribution is 5.80. The Bertz CT molecular complexity index is 557. The van der Waals surface area contributed by atoms with Crippen molar-refractivity contribution in [2.75, 3.05) is 39.8 Å². The smallest absolute Gasteiger partial charge is 0.227 e. The molecule has 1 aromatic rings. The molecule has 5 nitrogen and oxygen atoms in total. The fourth-order valence-electron chi connectivity index (χ4n) is 3.68. The van der Waals surface area contributed by atoms with Gasteiger partial charge in [0, 0.05) is 18.7 Å². The molecule has 2 aliphatic rings. The van der Waals surface area contributed by atoms with Crippen LogP contribution < -0.4 is 4.74 Å². The summed E-state index contributed by atoms with van der Waals surface area (Å²) in [5.74, 6) is 0.805. The Kier molecular flexibility index (Phi) is 4.87. The van der Waals surface area contributed by atoms with Crippen LogP contribution >= 0.6 is 0 Å². The van der Waals surface area contributed by atoms with Gasteiger partial charge in [-0.05, 0) is 38.4 Å². The Morgan fingerprint density at radius 2 is 2.00 bits per heavy atom. The van der Waals surface area contributed by atoms with Gasteiger partial charge in [-0.15, -0.1) is 0 Å². The first-order chi connectivity index (χ1) is 11.1. The van der Waals surface area contributed by atoms with Gasteiger partial charge in [-0.2, -0.15) is 0 Å². The van der Waals surface area contributed by atoms with Crippen LogP contribution in [0.4, 0.5) is 0 Å². The molecule has 2 heterocycles. The molecular weight excluding hydrogens is 292 g/mol. The summed E-state index contributed by atoms with van der Waals surface area (Å²) >= 11 is 0. The number of amides is 1. The molecule has 23 heavy (non-hydrogen) atoms. The fourth-order valence-corrected chi connectivity index (χ4v) is 3.68. The van der Waals surface area contributed by atoms with Crippen molar-refractivity contribution in [3.8, 4) is 5.75 Å². The minimum atomic E-state index is -0.749. The summed E-state index contributed by atoms with van der Waals surface area (Å²) in [6, 6.07) is 7.61. The number of hydrogen-bond acceptors (Lipinski definition) is 4. The number of rotatable bonds is 5. The predicted octanol–water partition coefficient (Wildman–Crippen LogP) is 1.30. The van der Waals surface area contributed by atoms with E-state index in [0.29, 0.717) is 32.5 Å². The molecule has 1 unspecified atom stereocenters. The van der Waals surface area contributed by atoms with Crippen LogP contribution in [0, 0.1) is 0 Å².